The van der Waals surface area contributed by atoms with E-state index in [1.165, 1.54) is 13.2 Å². The summed E-state index contributed by atoms with van der Waals surface area (Å²) in [6.45, 7) is 3.88. The van der Waals surface area contributed by atoms with E-state index in [0.717, 1.165) is 16.6 Å². The highest BCUT2D eigenvalue weighted by atomic mass is 19.1. The molecule has 0 N–H and O–H groups in total. The molecule has 3 heteroatoms. The third-order valence-electron chi connectivity index (χ3n) is 2.42. The van der Waals surface area contributed by atoms with Gasteiger partial charge in [-0.05, 0) is 31.5 Å². The van der Waals surface area contributed by atoms with Crippen molar-refractivity contribution >= 4 is 10.9 Å². The Kier molecular flexibility index (Phi) is 2.31. The minimum Gasteiger partial charge on any atom is -0.494 e. The Hall–Kier alpha value is -1.64. The Morgan fingerprint density at radius 3 is 2.60 bits per heavy atom. The van der Waals surface area contributed by atoms with Gasteiger partial charge < -0.3 is 4.74 Å². The van der Waals surface area contributed by atoms with Crippen LogP contribution in [0.1, 0.15) is 11.3 Å². The molecule has 0 spiro atoms. The minimum atomic E-state index is -0.373. The zero-order valence-electron chi connectivity index (χ0n) is 8.97. The summed E-state index contributed by atoms with van der Waals surface area (Å²) in [6.07, 6.45) is 0. The second kappa shape index (κ2) is 3.50. The largest absolute Gasteiger partial charge is 0.494 e. The van der Waals surface area contributed by atoms with Crippen LogP contribution in [0.2, 0.25) is 0 Å². The molecule has 2 rings (SSSR count). The maximum absolute atomic E-state index is 13.4. The molecular formula is C12H12FNO. The summed E-state index contributed by atoms with van der Waals surface area (Å²) in [5.41, 5.74) is 2.64. The molecule has 1 heterocycles. The fraction of sp³-hybridized carbons (Fsp3) is 0.250. The van der Waals surface area contributed by atoms with Gasteiger partial charge in [-0.2, -0.15) is 0 Å². The zero-order valence-corrected chi connectivity index (χ0v) is 8.97. The molecule has 2 nitrogen and oxygen atoms in total. The molecule has 0 amide bonds. The Labute approximate surface area is 87.7 Å². The fourth-order valence-corrected chi connectivity index (χ4v) is 1.72. The molecule has 0 aliphatic heterocycles. The van der Waals surface area contributed by atoms with Crippen LogP contribution < -0.4 is 4.74 Å². The van der Waals surface area contributed by atoms with Crippen LogP contribution in [-0.4, -0.2) is 12.1 Å². The standard InChI is InChI=1S/C12H12FNO/c1-7-4-8(2)14-11-6-10(13)12(15-3)5-9(7)11/h4-6H,1-3H3. The van der Waals surface area contributed by atoms with Crippen LogP contribution in [0.3, 0.4) is 0 Å². The number of nitrogens with zero attached hydrogens (tertiary/aromatic N) is 1. The number of fused-ring (bicyclic) bond motifs is 1. The number of rotatable bonds is 1. The highest BCUT2D eigenvalue weighted by Crippen LogP contribution is 2.26. The third kappa shape index (κ3) is 1.65. The van der Waals surface area contributed by atoms with E-state index in [2.05, 4.69) is 4.98 Å². The maximum atomic E-state index is 13.4. The molecule has 0 radical (unpaired) electrons. The van der Waals surface area contributed by atoms with E-state index in [9.17, 15) is 4.39 Å². The molecular weight excluding hydrogens is 193 g/mol. The summed E-state index contributed by atoms with van der Waals surface area (Å²) >= 11 is 0. The van der Waals surface area contributed by atoms with Crippen LogP contribution >= 0.6 is 0 Å². The summed E-state index contributed by atoms with van der Waals surface area (Å²) in [4.78, 5) is 4.28. The van der Waals surface area contributed by atoms with Gasteiger partial charge >= 0.3 is 0 Å². The van der Waals surface area contributed by atoms with Crippen molar-refractivity contribution in [2.24, 2.45) is 0 Å². The monoisotopic (exact) mass is 205 g/mol. The zero-order chi connectivity index (χ0) is 11.0. The Morgan fingerprint density at radius 2 is 1.93 bits per heavy atom. The molecule has 78 valence electrons. The van der Waals surface area contributed by atoms with Crippen LogP contribution in [-0.2, 0) is 0 Å². The molecule has 0 bridgehead atoms. The Morgan fingerprint density at radius 1 is 1.20 bits per heavy atom. The fourth-order valence-electron chi connectivity index (χ4n) is 1.72. The third-order valence-corrected chi connectivity index (χ3v) is 2.42. The van der Waals surface area contributed by atoms with Crippen molar-refractivity contribution in [2.45, 2.75) is 13.8 Å². The molecule has 0 aliphatic carbocycles. The molecule has 0 fully saturated rings. The number of benzene rings is 1. The topological polar surface area (TPSA) is 22.1 Å². The Bertz CT molecular complexity index is 523. The number of halogens is 1. The molecule has 0 aliphatic rings. The lowest BCUT2D eigenvalue weighted by atomic mass is 10.1. The van der Waals surface area contributed by atoms with Gasteiger partial charge in [-0.25, -0.2) is 4.39 Å². The highest BCUT2D eigenvalue weighted by molar-refractivity contribution is 5.83. The van der Waals surface area contributed by atoms with Gasteiger partial charge in [0, 0.05) is 17.1 Å². The van der Waals surface area contributed by atoms with Crippen molar-refractivity contribution in [1.29, 1.82) is 0 Å². The number of pyridine rings is 1. The molecule has 0 unspecified atom stereocenters. The quantitative estimate of drug-likeness (QED) is 0.714. The summed E-state index contributed by atoms with van der Waals surface area (Å²) in [7, 11) is 1.46. The number of aryl methyl sites for hydroxylation is 2. The van der Waals surface area contributed by atoms with E-state index in [1.807, 2.05) is 19.9 Å². The van der Waals surface area contributed by atoms with Crippen LogP contribution in [0.5, 0.6) is 5.75 Å². The average Bonchev–Trinajstić information content (AvgIpc) is 2.16. The van der Waals surface area contributed by atoms with Gasteiger partial charge in [-0.3, -0.25) is 4.98 Å². The second-order valence-corrected chi connectivity index (χ2v) is 3.58. The molecule has 0 saturated heterocycles. The van der Waals surface area contributed by atoms with Crippen molar-refractivity contribution in [3.05, 3.63) is 35.3 Å². The van der Waals surface area contributed by atoms with Crippen LogP contribution in [0.25, 0.3) is 10.9 Å². The number of ether oxygens (including phenoxy) is 1. The first-order valence-electron chi connectivity index (χ1n) is 4.73. The van der Waals surface area contributed by atoms with Crippen LogP contribution in [0.15, 0.2) is 18.2 Å². The number of hydrogen-bond acceptors (Lipinski definition) is 2. The van der Waals surface area contributed by atoms with E-state index < -0.39 is 0 Å². The Balaban J connectivity index is 2.81. The first-order chi connectivity index (χ1) is 7.11. The molecule has 0 saturated carbocycles. The second-order valence-electron chi connectivity index (χ2n) is 3.58. The SMILES string of the molecule is COc1cc2c(C)cc(C)nc2cc1F. The van der Waals surface area contributed by atoms with Crippen LogP contribution in [0.4, 0.5) is 4.39 Å². The van der Waals surface area contributed by atoms with Crippen molar-refractivity contribution in [3.8, 4) is 5.75 Å². The van der Waals surface area contributed by atoms with E-state index in [-0.39, 0.29) is 11.6 Å². The van der Waals surface area contributed by atoms with Crippen molar-refractivity contribution in [1.82, 2.24) is 4.98 Å². The van der Waals surface area contributed by atoms with Gasteiger partial charge in [0.15, 0.2) is 11.6 Å². The van der Waals surface area contributed by atoms with Crippen LogP contribution in [0, 0.1) is 19.7 Å². The van der Waals surface area contributed by atoms with Crippen molar-refractivity contribution in [2.75, 3.05) is 7.11 Å². The highest BCUT2D eigenvalue weighted by Gasteiger charge is 2.07. The van der Waals surface area contributed by atoms with Crippen molar-refractivity contribution in [3.63, 3.8) is 0 Å². The summed E-state index contributed by atoms with van der Waals surface area (Å²) < 4.78 is 18.4. The van der Waals surface area contributed by atoms with Gasteiger partial charge in [0.2, 0.25) is 0 Å². The van der Waals surface area contributed by atoms with E-state index in [1.54, 1.807) is 6.07 Å². The lowest BCUT2D eigenvalue weighted by Crippen LogP contribution is -1.92. The van der Waals surface area contributed by atoms with E-state index in [4.69, 9.17) is 4.74 Å². The normalized spacial score (nSPS) is 10.7. The maximum Gasteiger partial charge on any atom is 0.167 e. The lowest BCUT2D eigenvalue weighted by Gasteiger charge is -2.07. The smallest absolute Gasteiger partial charge is 0.167 e. The lowest BCUT2D eigenvalue weighted by molar-refractivity contribution is 0.387. The number of methoxy groups -OCH3 is 1. The molecule has 15 heavy (non-hydrogen) atoms. The number of aromatic nitrogens is 1. The average molecular weight is 205 g/mol. The molecule has 1 aromatic heterocycles. The first-order valence-corrected chi connectivity index (χ1v) is 4.73. The first kappa shape index (κ1) is 9.90. The summed E-state index contributed by atoms with van der Waals surface area (Å²) in [6, 6.07) is 5.07. The molecule has 0 atom stereocenters. The van der Waals surface area contributed by atoms with Crippen molar-refractivity contribution < 1.29 is 9.13 Å². The van der Waals surface area contributed by atoms with E-state index >= 15 is 0 Å². The van der Waals surface area contributed by atoms with Gasteiger partial charge in [-0.1, -0.05) is 0 Å². The summed E-state index contributed by atoms with van der Waals surface area (Å²) in [5.74, 6) is -0.112. The van der Waals surface area contributed by atoms with E-state index in [0.29, 0.717) is 5.52 Å². The van der Waals surface area contributed by atoms with Gasteiger partial charge in [0.1, 0.15) is 0 Å². The summed E-state index contributed by atoms with van der Waals surface area (Å²) in [5, 5.41) is 0.929. The molecule has 2 aromatic rings. The molecule has 1 aromatic carbocycles. The van der Waals surface area contributed by atoms with Gasteiger partial charge in [-0.15, -0.1) is 0 Å². The number of hydrogen-bond donors (Lipinski definition) is 0. The minimum absolute atomic E-state index is 0.260. The van der Waals surface area contributed by atoms with Gasteiger partial charge in [0.05, 0.1) is 12.6 Å². The van der Waals surface area contributed by atoms with Gasteiger partial charge in [0.25, 0.3) is 0 Å². The predicted octanol–water partition coefficient (Wildman–Crippen LogP) is 3.00. The predicted molar refractivity (Wildman–Crippen MR) is 57.7 cm³/mol.